The van der Waals surface area contributed by atoms with Crippen molar-refractivity contribution in [3.8, 4) is 5.88 Å². The smallest absolute Gasteiger partial charge is 0.238 e. The molecule has 0 saturated heterocycles. The number of aromatic hydroxyl groups is 1. The predicted molar refractivity (Wildman–Crippen MR) is 53.6 cm³/mol. The first-order valence-corrected chi connectivity index (χ1v) is 4.59. The third-order valence-electron chi connectivity index (χ3n) is 1.91. The maximum absolute atomic E-state index is 9.43. The minimum Gasteiger partial charge on any atom is -0.492 e. The third-order valence-corrected chi connectivity index (χ3v) is 2.40. The molecule has 3 nitrogen and oxygen atoms in total. The lowest BCUT2D eigenvalue weighted by Crippen LogP contribution is -1.88. The average molecular weight is 239 g/mol. The van der Waals surface area contributed by atoms with Gasteiger partial charge in [0.25, 0.3) is 0 Å². The van der Waals surface area contributed by atoms with Crippen LogP contribution in [0.15, 0.2) is 22.7 Å². The maximum atomic E-state index is 9.43. The molecule has 0 aliphatic heterocycles. The molecule has 0 spiro atoms. The Morgan fingerprint density at radius 2 is 2.00 bits per heavy atom. The van der Waals surface area contributed by atoms with E-state index >= 15 is 0 Å². The van der Waals surface area contributed by atoms with E-state index in [0.29, 0.717) is 0 Å². The van der Waals surface area contributed by atoms with Crippen molar-refractivity contribution in [2.45, 2.75) is 6.92 Å². The van der Waals surface area contributed by atoms with Gasteiger partial charge in [0.05, 0.1) is 5.69 Å². The number of benzene rings is 1. The van der Waals surface area contributed by atoms with Crippen molar-refractivity contribution in [1.82, 2.24) is 10.2 Å². The van der Waals surface area contributed by atoms with Crippen LogP contribution in [0.3, 0.4) is 0 Å². The highest BCUT2D eigenvalue weighted by molar-refractivity contribution is 9.10. The zero-order chi connectivity index (χ0) is 9.42. The molecule has 66 valence electrons. The zero-order valence-electron chi connectivity index (χ0n) is 6.95. The lowest BCUT2D eigenvalue weighted by atomic mass is 10.1. The second-order valence-corrected chi connectivity index (χ2v) is 3.71. The van der Waals surface area contributed by atoms with Crippen LogP contribution in [0, 0.1) is 6.92 Å². The molecule has 0 unspecified atom stereocenters. The van der Waals surface area contributed by atoms with Crippen molar-refractivity contribution >= 4 is 26.7 Å². The summed E-state index contributed by atoms with van der Waals surface area (Å²) in [5, 5.41) is 18.5. The summed E-state index contributed by atoms with van der Waals surface area (Å²) >= 11 is 3.33. The van der Waals surface area contributed by atoms with Crippen molar-refractivity contribution in [3.05, 3.63) is 28.4 Å². The van der Waals surface area contributed by atoms with Crippen LogP contribution in [0.25, 0.3) is 10.8 Å². The van der Waals surface area contributed by atoms with E-state index in [1.807, 2.05) is 25.1 Å². The summed E-state index contributed by atoms with van der Waals surface area (Å²) in [7, 11) is 0. The van der Waals surface area contributed by atoms with Crippen LogP contribution in [0.5, 0.6) is 5.88 Å². The number of halogens is 1. The van der Waals surface area contributed by atoms with Gasteiger partial charge in [0, 0.05) is 15.2 Å². The first-order chi connectivity index (χ1) is 6.18. The van der Waals surface area contributed by atoms with Gasteiger partial charge in [-0.3, -0.25) is 0 Å². The normalized spacial score (nSPS) is 10.6. The molecule has 0 atom stereocenters. The SMILES string of the molecule is Cc1nnc(O)c2cc(Br)ccc12. The fourth-order valence-corrected chi connectivity index (χ4v) is 1.61. The summed E-state index contributed by atoms with van der Waals surface area (Å²) in [4.78, 5) is 0. The third kappa shape index (κ3) is 1.37. The van der Waals surface area contributed by atoms with Gasteiger partial charge in [-0.15, -0.1) is 5.10 Å². The minimum atomic E-state index is -0.0260. The molecule has 0 radical (unpaired) electrons. The van der Waals surface area contributed by atoms with Crippen LogP contribution >= 0.6 is 15.9 Å². The Morgan fingerprint density at radius 1 is 1.23 bits per heavy atom. The maximum Gasteiger partial charge on any atom is 0.238 e. The molecule has 1 aromatic carbocycles. The summed E-state index contributed by atoms with van der Waals surface area (Å²) in [6.07, 6.45) is 0. The lowest BCUT2D eigenvalue weighted by molar-refractivity contribution is 0.452. The van der Waals surface area contributed by atoms with Gasteiger partial charge in [-0.1, -0.05) is 22.0 Å². The first-order valence-electron chi connectivity index (χ1n) is 3.80. The summed E-state index contributed by atoms with van der Waals surface area (Å²) in [6, 6.07) is 5.64. The van der Waals surface area contributed by atoms with E-state index in [2.05, 4.69) is 26.1 Å². The number of hydrogen-bond acceptors (Lipinski definition) is 3. The quantitative estimate of drug-likeness (QED) is 0.767. The molecule has 0 saturated carbocycles. The Balaban J connectivity index is 2.92. The molecule has 0 bridgehead atoms. The topological polar surface area (TPSA) is 46.0 Å². The van der Waals surface area contributed by atoms with Crippen molar-refractivity contribution in [2.24, 2.45) is 0 Å². The zero-order valence-corrected chi connectivity index (χ0v) is 8.54. The molecule has 2 aromatic rings. The molecule has 1 aromatic heterocycles. The molecule has 2 rings (SSSR count). The average Bonchev–Trinajstić information content (AvgIpc) is 2.12. The number of aromatic nitrogens is 2. The number of nitrogens with zero attached hydrogens (tertiary/aromatic N) is 2. The van der Waals surface area contributed by atoms with Crippen LogP contribution in [0.4, 0.5) is 0 Å². The molecule has 0 aliphatic carbocycles. The summed E-state index contributed by atoms with van der Waals surface area (Å²) in [5.74, 6) is -0.0260. The molecule has 0 fully saturated rings. The van der Waals surface area contributed by atoms with Gasteiger partial charge in [-0.05, 0) is 19.1 Å². The number of rotatable bonds is 0. The summed E-state index contributed by atoms with van der Waals surface area (Å²) < 4.78 is 0.919. The second kappa shape index (κ2) is 2.96. The van der Waals surface area contributed by atoms with Crippen molar-refractivity contribution < 1.29 is 5.11 Å². The Morgan fingerprint density at radius 3 is 2.77 bits per heavy atom. The largest absolute Gasteiger partial charge is 0.492 e. The molecule has 0 aliphatic rings. The van der Waals surface area contributed by atoms with E-state index in [1.165, 1.54) is 0 Å². The highest BCUT2D eigenvalue weighted by Crippen LogP contribution is 2.26. The van der Waals surface area contributed by atoms with Gasteiger partial charge < -0.3 is 5.11 Å². The first kappa shape index (κ1) is 8.44. The monoisotopic (exact) mass is 238 g/mol. The van der Waals surface area contributed by atoms with Crippen LogP contribution in [-0.4, -0.2) is 15.3 Å². The van der Waals surface area contributed by atoms with E-state index in [-0.39, 0.29) is 5.88 Å². The highest BCUT2D eigenvalue weighted by Gasteiger charge is 2.04. The summed E-state index contributed by atoms with van der Waals surface area (Å²) in [6.45, 7) is 1.86. The van der Waals surface area contributed by atoms with Gasteiger partial charge in [0.1, 0.15) is 0 Å². The van der Waals surface area contributed by atoms with E-state index in [0.717, 1.165) is 20.9 Å². The molecule has 0 amide bonds. The van der Waals surface area contributed by atoms with E-state index < -0.39 is 0 Å². The van der Waals surface area contributed by atoms with Gasteiger partial charge in [-0.2, -0.15) is 5.10 Å². The number of aryl methyl sites for hydroxylation is 1. The molecule has 1 N–H and O–H groups in total. The lowest BCUT2D eigenvalue weighted by Gasteiger charge is -2.01. The van der Waals surface area contributed by atoms with Gasteiger partial charge in [0.2, 0.25) is 5.88 Å². The Hall–Kier alpha value is -1.16. The Bertz CT molecular complexity index is 470. The molecular formula is C9H7BrN2O. The summed E-state index contributed by atoms with van der Waals surface area (Å²) in [5.41, 5.74) is 0.820. The van der Waals surface area contributed by atoms with Gasteiger partial charge >= 0.3 is 0 Å². The fraction of sp³-hybridized carbons (Fsp3) is 0.111. The molecule has 13 heavy (non-hydrogen) atoms. The highest BCUT2D eigenvalue weighted by atomic mass is 79.9. The van der Waals surface area contributed by atoms with Crippen molar-refractivity contribution in [1.29, 1.82) is 0 Å². The van der Waals surface area contributed by atoms with Crippen molar-refractivity contribution in [3.63, 3.8) is 0 Å². The predicted octanol–water partition coefficient (Wildman–Crippen LogP) is 2.41. The molecule has 1 heterocycles. The minimum absolute atomic E-state index is 0.0260. The Kier molecular flexibility index (Phi) is 1.92. The van der Waals surface area contributed by atoms with Crippen LogP contribution in [0.1, 0.15) is 5.69 Å². The second-order valence-electron chi connectivity index (χ2n) is 2.80. The van der Waals surface area contributed by atoms with Gasteiger partial charge in [-0.25, -0.2) is 0 Å². The van der Waals surface area contributed by atoms with Crippen LogP contribution in [-0.2, 0) is 0 Å². The van der Waals surface area contributed by atoms with Gasteiger partial charge in [0.15, 0.2) is 0 Å². The number of hydrogen-bond donors (Lipinski definition) is 1. The standard InChI is InChI=1S/C9H7BrN2O/c1-5-7-3-2-6(10)4-8(7)9(13)12-11-5/h2-4H,1H3,(H,12,13). The van der Waals surface area contributed by atoms with Crippen LogP contribution in [0.2, 0.25) is 0 Å². The van der Waals surface area contributed by atoms with Crippen molar-refractivity contribution in [2.75, 3.05) is 0 Å². The Labute approximate surface area is 83.5 Å². The van der Waals surface area contributed by atoms with E-state index in [9.17, 15) is 5.11 Å². The van der Waals surface area contributed by atoms with E-state index in [4.69, 9.17) is 0 Å². The van der Waals surface area contributed by atoms with Crippen LogP contribution < -0.4 is 0 Å². The fourth-order valence-electron chi connectivity index (χ4n) is 1.25. The van der Waals surface area contributed by atoms with E-state index in [1.54, 1.807) is 0 Å². The molecule has 4 heteroatoms. The number of fused-ring (bicyclic) bond motifs is 1. The molecular weight excluding hydrogens is 232 g/mol.